The lowest BCUT2D eigenvalue weighted by atomic mass is 10.1. The van der Waals surface area contributed by atoms with Crippen LogP contribution in [0.15, 0.2) is 36.5 Å². The second-order valence-corrected chi connectivity index (χ2v) is 4.80. The number of methoxy groups -OCH3 is 1. The summed E-state index contributed by atoms with van der Waals surface area (Å²) in [4.78, 5) is 19.8. The molecule has 0 unspecified atom stereocenters. The first-order valence-electron chi connectivity index (χ1n) is 7.13. The van der Waals surface area contributed by atoms with Crippen LogP contribution >= 0.6 is 0 Å². The average molecular weight is 300 g/mol. The Morgan fingerprint density at radius 2 is 2.00 bits per heavy atom. The standard InChI is InChI=1S/C16H20N4O2/c1-12(21)13-4-6-14(7-5-13)19-16-18-10-8-15(20-16)17-9-3-11-22-2/h4-8,10H,3,9,11H2,1-2H3,(H2,17,18,19,20). The van der Waals surface area contributed by atoms with Crippen LogP contribution in [-0.2, 0) is 4.74 Å². The third kappa shape index (κ3) is 4.82. The van der Waals surface area contributed by atoms with E-state index < -0.39 is 0 Å². The molecule has 0 aliphatic carbocycles. The number of carbonyl (C=O) groups excluding carboxylic acids is 1. The number of Topliss-reactive ketones (excluding diaryl/α,β-unsaturated/α-hetero) is 1. The smallest absolute Gasteiger partial charge is 0.229 e. The van der Waals surface area contributed by atoms with E-state index in [1.165, 1.54) is 0 Å². The van der Waals surface area contributed by atoms with E-state index in [0.717, 1.165) is 24.5 Å². The highest BCUT2D eigenvalue weighted by Gasteiger charge is 2.02. The van der Waals surface area contributed by atoms with E-state index in [9.17, 15) is 4.79 Å². The maximum atomic E-state index is 11.2. The van der Waals surface area contributed by atoms with Crippen molar-refractivity contribution in [2.75, 3.05) is 30.9 Å². The number of aromatic nitrogens is 2. The lowest BCUT2D eigenvalue weighted by Gasteiger charge is -2.08. The molecule has 1 heterocycles. The molecule has 0 saturated heterocycles. The van der Waals surface area contributed by atoms with Crippen LogP contribution in [0.5, 0.6) is 0 Å². The fourth-order valence-corrected chi connectivity index (χ4v) is 1.87. The van der Waals surface area contributed by atoms with Crippen molar-refractivity contribution in [2.45, 2.75) is 13.3 Å². The molecule has 0 saturated carbocycles. The third-order valence-electron chi connectivity index (χ3n) is 3.03. The van der Waals surface area contributed by atoms with E-state index in [0.29, 0.717) is 18.1 Å². The van der Waals surface area contributed by atoms with Gasteiger partial charge in [-0.3, -0.25) is 4.79 Å². The Bertz CT molecular complexity index is 614. The highest BCUT2D eigenvalue weighted by molar-refractivity contribution is 5.94. The molecule has 22 heavy (non-hydrogen) atoms. The van der Waals surface area contributed by atoms with Gasteiger partial charge in [-0.25, -0.2) is 4.98 Å². The van der Waals surface area contributed by atoms with Crippen LogP contribution in [0.25, 0.3) is 0 Å². The number of anilines is 3. The quantitative estimate of drug-likeness (QED) is 0.576. The summed E-state index contributed by atoms with van der Waals surface area (Å²) in [5, 5.41) is 6.33. The maximum Gasteiger partial charge on any atom is 0.229 e. The first-order valence-corrected chi connectivity index (χ1v) is 7.13. The first kappa shape index (κ1) is 15.9. The zero-order valence-electron chi connectivity index (χ0n) is 12.8. The van der Waals surface area contributed by atoms with Crippen LogP contribution < -0.4 is 10.6 Å². The van der Waals surface area contributed by atoms with Gasteiger partial charge in [-0.05, 0) is 43.7 Å². The normalized spacial score (nSPS) is 10.3. The molecule has 2 N–H and O–H groups in total. The molecular formula is C16H20N4O2. The van der Waals surface area contributed by atoms with E-state index >= 15 is 0 Å². The van der Waals surface area contributed by atoms with Crippen LogP contribution in [0.1, 0.15) is 23.7 Å². The monoisotopic (exact) mass is 300 g/mol. The number of ether oxygens (including phenoxy) is 1. The number of ketones is 1. The Labute approximate surface area is 129 Å². The van der Waals surface area contributed by atoms with Crippen LogP contribution in [0.2, 0.25) is 0 Å². The van der Waals surface area contributed by atoms with E-state index in [2.05, 4.69) is 20.6 Å². The Kier molecular flexibility index (Phi) is 5.85. The van der Waals surface area contributed by atoms with E-state index in [1.807, 2.05) is 18.2 Å². The Hall–Kier alpha value is -2.47. The second-order valence-electron chi connectivity index (χ2n) is 4.80. The number of nitrogens with zero attached hydrogens (tertiary/aromatic N) is 2. The van der Waals surface area contributed by atoms with Gasteiger partial charge >= 0.3 is 0 Å². The van der Waals surface area contributed by atoms with Crippen molar-refractivity contribution >= 4 is 23.2 Å². The van der Waals surface area contributed by atoms with Crippen molar-refractivity contribution in [3.8, 4) is 0 Å². The summed E-state index contributed by atoms with van der Waals surface area (Å²) < 4.78 is 5.00. The van der Waals surface area contributed by atoms with Gasteiger partial charge in [-0.2, -0.15) is 4.98 Å². The predicted molar refractivity (Wildman–Crippen MR) is 86.7 cm³/mol. The van der Waals surface area contributed by atoms with Crippen molar-refractivity contribution in [1.29, 1.82) is 0 Å². The second kappa shape index (κ2) is 8.09. The van der Waals surface area contributed by atoms with Gasteiger partial charge < -0.3 is 15.4 Å². The van der Waals surface area contributed by atoms with Gasteiger partial charge in [-0.1, -0.05) is 0 Å². The number of nitrogens with one attached hydrogen (secondary N) is 2. The van der Waals surface area contributed by atoms with Gasteiger partial charge in [0.05, 0.1) is 0 Å². The number of rotatable bonds is 8. The molecule has 6 nitrogen and oxygen atoms in total. The van der Waals surface area contributed by atoms with Crippen molar-refractivity contribution in [2.24, 2.45) is 0 Å². The summed E-state index contributed by atoms with van der Waals surface area (Å²) in [6, 6.07) is 9.03. The molecule has 1 aromatic heterocycles. The van der Waals surface area contributed by atoms with Gasteiger partial charge in [0.25, 0.3) is 0 Å². The first-order chi connectivity index (χ1) is 10.7. The minimum absolute atomic E-state index is 0.0463. The SMILES string of the molecule is COCCCNc1ccnc(Nc2ccc(C(C)=O)cc2)n1. The third-order valence-corrected chi connectivity index (χ3v) is 3.03. The predicted octanol–water partition coefficient (Wildman–Crippen LogP) is 2.87. The van der Waals surface area contributed by atoms with Crippen molar-refractivity contribution < 1.29 is 9.53 Å². The van der Waals surface area contributed by atoms with Gasteiger partial charge in [0.15, 0.2) is 5.78 Å². The Morgan fingerprint density at radius 3 is 2.68 bits per heavy atom. The molecule has 0 aliphatic heterocycles. The molecule has 0 atom stereocenters. The molecule has 0 aliphatic rings. The number of hydrogen-bond donors (Lipinski definition) is 2. The topological polar surface area (TPSA) is 76.1 Å². The van der Waals surface area contributed by atoms with Gasteiger partial charge in [0.2, 0.25) is 5.95 Å². The van der Waals surface area contributed by atoms with Gasteiger partial charge in [0, 0.05) is 37.7 Å². The molecule has 0 spiro atoms. The van der Waals surface area contributed by atoms with Crippen LogP contribution in [0, 0.1) is 0 Å². The maximum absolute atomic E-state index is 11.2. The molecule has 1 aromatic carbocycles. The van der Waals surface area contributed by atoms with Crippen LogP contribution in [0.3, 0.4) is 0 Å². The molecule has 0 bridgehead atoms. The summed E-state index contributed by atoms with van der Waals surface area (Å²) in [5.41, 5.74) is 1.52. The molecule has 2 rings (SSSR count). The average Bonchev–Trinajstić information content (AvgIpc) is 2.52. The van der Waals surface area contributed by atoms with Gasteiger partial charge in [-0.15, -0.1) is 0 Å². The molecular weight excluding hydrogens is 280 g/mol. The van der Waals surface area contributed by atoms with E-state index in [-0.39, 0.29) is 5.78 Å². The molecule has 2 aromatic rings. The van der Waals surface area contributed by atoms with Crippen molar-refractivity contribution in [1.82, 2.24) is 9.97 Å². The minimum atomic E-state index is 0.0463. The lowest BCUT2D eigenvalue weighted by Crippen LogP contribution is -2.07. The Balaban J connectivity index is 1.96. The highest BCUT2D eigenvalue weighted by atomic mass is 16.5. The van der Waals surface area contributed by atoms with E-state index in [4.69, 9.17) is 4.74 Å². The summed E-state index contributed by atoms with van der Waals surface area (Å²) >= 11 is 0. The van der Waals surface area contributed by atoms with Gasteiger partial charge in [0.1, 0.15) is 5.82 Å². The summed E-state index contributed by atoms with van der Waals surface area (Å²) in [5.74, 6) is 1.31. The molecule has 6 heteroatoms. The molecule has 0 amide bonds. The highest BCUT2D eigenvalue weighted by Crippen LogP contribution is 2.15. The van der Waals surface area contributed by atoms with E-state index in [1.54, 1.807) is 32.4 Å². The summed E-state index contributed by atoms with van der Waals surface area (Å²) in [7, 11) is 1.68. The fourth-order valence-electron chi connectivity index (χ4n) is 1.87. The summed E-state index contributed by atoms with van der Waals surface area (Å²) in [6.45, 7) is 3.05. The number of benzene rings is 1. The number of carbonyl (C=O) groups is 1. The minimum Gasteiger partial charge on any atom is -0.385 e. The van der Waals surface area contributed by atoms with Crippen molar-refractivity contribution in [3.63, 3.8) is 0 Å². The fraction of sp³-hybridized carbons (Fsp3) is 0.312. The lowest BCUT2D eigenvalue weighted by molar-refractivity contribution is 0.101. The number of hydrogen-bond acceptors (Lipinski definition) is 6. The zero-order valence-corrected chi connectivity index (χ0v) is 12.8. The zero-order chi connectivity index (χ0) is 15.8. The van der Waals surface area contributed by atoms with Crippen molar-refractivity contribution in [3.05, 3.63) is 42.1 Å². The molecule has 0 radical (unpaired) electrons. The van der Waals surface area contributed by atoms with Crippen LogP contribution in [-0.4, -0.2) is 36.0 Å². The molecule has 116 valence electrons. The van der Waals surface area contributed by atoms with Crippen LogP contribution in [0.4, 0.5) is 17.5 Å². The molecule has 0 fully saturated rings. The largest absolute Gasteiger partial charge is 0.385 e. The summed E-state index contributed by atoms with van der Waals surface area (Å²) in [6.07, 6.45) is 2.60. The Morgan fingerprint density at radius 1 is 1.23 bits per heavy atom.